The Balaban J connectivity index is 2.29. The predicted octanol–water partition coefficient (Wildman–Crippen LogP) is 3.74. The molecule has 8 nitrogen and oxygen atoms in total. The van der Waals surface area contributed by atoms with E-state index in [2.05, 4.69) is 30.5 Å². The highest BCUT2D eigenvalue weighted by molar-refractivity contribution is 6.03. The van der Waals surface area contributed by atoms with Crippen molar-refractivity contribution in [2.45, 2.75) is 64.8 Å². The van der Waals surface area contributed by atoms with Gasteiger partial charge in [0.2, 0.25) is 5.91 Å². The van der Waals surface area contributed by atoms with Gasteiger partial charge in [0.15, 0.2) is 0 Å². The van der Waals surface area contributed by atoms with E-state index < -0.39 is 11.9 Å². The van der Waals surface area contributed by atoms with Gasteiger partial charge in [-0.3, -0.25) is 14.4 Å². The van der Waals surface area contributed by atoms with Gasteiger partial charge in [0.05, 0.1) is 12.7 Å². The minimum atomic E-state index is -0.773. The zero-order chi connectivity index (χ0) is 26.0. The predicted molar refractivity (Wildman–Crippen MR) is 139 cm³/mol. The number of anilines is 1. The van der Waals surface area contributed by atoms with Crippen molar-refractivity contribution in [2.75, 3.05) is 19.0 Å². The minimum Gasteiger partial charge on any atom is -0.496 e. The van der Waals surface area contributed by atoms with Crippen molar-refractivity contribution in [3.05, 3.63) is 58.7 Å². The standard InChI is InChI=1S/C27H38N4O4/c1-5-17(3)19-11-10-18(6-2)21(15-19)26(33)31-23(9-7-8-14-28)27(34)30-20-12-13-24(35-4)22(16-20)25(29)32/h10-13,15-17,23H,5-9,14,28H2,1-4H3,(H2,29,32)(H,30,34)(H,31,33)/t17?,23-/m0/s1. The van der Waals surface area contributed by atoms with Gasteiger partial charge in [-0.2, -0.15) is 0 Å². The van der Waals surface area contributed by atoms with E-state index in [4.69, 9.17) is 16.2 Å². The Labute approximate surface area is 207 Å². The smallest absolute Gasteiger partial charge is 0.252 e. The average molecular weight is 483 g/mol. The number of benzene rings is 2. The third-order valence-electron chi connectivity index (χ3n) is 6.24. The van der Waals surface area contributed by atoms with Gasteiger partial charge in [-0.15, -0.1) is 0 Å². The lowest BCUT2D eigenvalue weighted by atomic mass is 9.93. The molecular formula is C27H38N4O4. The van der Waals surface area contributed by atoms with E-state index in [1.807, 2.05) is 19.1 Å². The number of nitrogens with two attached hydrogens (primary N) is 2. The first-order valence-corrected chi connectivity index (χ1v) is 12.2. The Hall–Kier alpha value is -3.39. The molecule has 8 heteroatoms. The van der Waals surface area contributed by atoms with E-state index in [0.29, 0.717) is 48.7 Å². The van der Waals surface area contributed by atoms with E-state index >= 15 is 0 Å². The van der Waals surface area contributed by atoms with Crippen LogP contribution in [0.5, 0.6) is 5.75 Å². The second-order valence-electron chi connectivity index (χ2n) is 8.66. The number of aryl methyl sites for hydroxylation is 1. The quantitative estimate of drug-likeness (QED) is 0.322. The molecular weight excluding hydrogens is 444 g/mol. The van der Waals surface area contributed by atoms with Gasteiger partial charge in [0.25, 0.3) is 11.8 Å². The van der Waals surface area contributed by atoms with E-state index in [1.54, 1.807) is 12.1 Å². The summed E-state index contributed by atoms with van der Waals surface area (Å²) in [5, 5.41) is 5.71. The molecule has 3 amide bonds. The number of nitrogens with one attached hydrogen (secondary N) is 2. The molecule has 6 N–H and O–H groups in total. The van der Waals surface area contributed by atoms with Gasteiger partial charge in [-0.25, -0.2) is 0 Å². The number of rotatable bonds is 13. The van der Waals surface area contributed by atoms with Crippen molar-refractivity contribution >= 4 is 23.4 Å². The largest absolute Gasteiger partial charge is 0.496 e. The molecule has 0 radical (unpaired) electrons. The van der Waals surface area contributed by atoms with Crippen molar-refractivity contribution in [3.63, 3.8) is 0 Å². The number of hydrogen-bond donors (Lipinski definition) is 4. The lowest BCUT2D eigenvalue weighted by Gasteiger charge is -2.21. The third kappa shape index (κ3) is 7.55. The minimum absolute atomic E-state index is 0.156. The molecule has 2 aromatic rings. The molecule has 2 atom stereocenters. The summed E-state index contributed by atoms with van der Waals surface area (Å²) >= 11 is 0. The van der Waals surface area contributed by atoms with E-state index in [9.17, 15) is 14.4 Å². The first-order valence-electron chi connectivity index (χ1n) is 12.2. The second-order valence-corrected chi connectivity index (χ2v) is 8.66. The van der Waals surface area contributed by atoms with Gasteiger partial charge >= 0.3 is 0 Å². The molecule has 0 bridgehead atoms. The van der Waals surface area contributed by atoms with Crippen LogP contribution in [0.1, 0.15) is 84.2 Å². The fourth-order valence-corrected chi connectivity index (χ4v) is 3.86. The average Bonchev–Trinajstić information content (AvgIpc) is 2.86. The maximum absolute atomic E-state index is 13.3. The van der Waals surface area contributed by atoms with Gasteiger partial charge in [0.1, 0.15) is 11.8 Å². The summed E-state index contributed by atoms with van der Waals surface area (Å²) in [4.78, 5) is 38.2. The Bertz CT molecular complexity index is 1040. The number of hydrogen-bond acceptors (Lipinski definition) is 5. The number of amides is 3. The highest BCUT2D eigenvalue weighted by Crippen LogP contribution is 2.24. The molecule has 0 fully saturated rings. The highest BCUT2D eigenvalue weighted by atomic mass is 16.5. The number of primary amides is 1. The second kappa shape index (κ2) is 13.5. The summed E-state index contributed by atoms with van der Waals surface area (Å²) in [6.45, 7) is 6.74. The number of ether oxygens (including phenoxy) is 1. The first kappa shape index (κ1) is 27.9. The van der Waals surface area contributed by atoms with Gasteiger partial charge < -0.3 is 26.8 Å². The van der Waals surface area contributed by atoms with Crippen molar-refractivity contribution in [1.29, 1.82) is 0 Å². The van der Waals surface area contributed by atoms with E-state index in [1.165, 1.54) is 13.2 Å². The summed E-state index contributed by atoms with van der Waals surface area (Å²) in [6.07, 6.45) is 3.51. The van der Waals surface area contributed by atoms with Crippen LogP contribution in [0, 0.1) is 0 Å². The molecule has 0 aliphatic heterocycles. The highest BCUT2D eigenvalue weighted by Gasteiger charge is 2.23. The first-order chi connectivity index (χ1) is 16.7. The zero-order valence-electron chi connectivity index (χ0n) is 21.1. The van der Waals surface area contributed by atoms with Crippen LogP contribution in [0.3, 0.4) is 0 Å². The summed E-state index contributed by atoms with van der Waals surface area (Å²) in [5.74, 6) is -0.694. The number of carbonyl (C=O) groups excluding carboxylic acids is 3. The molecule has 0 aromatic heterocycles. The Morgan fingerprint density at radius 2 is 1.77 bits per heavy atom. The maximum atomic E-state index is 13.3. The molecule has 0 aliphatic rings. The Morgan fingerprint density at radius 1 is 1.03 bits per heavy atom. The normalized spacial score (nSPS) is 12.5. The molecule has 1 unspecified atom stereocenters. The topological polar surface area (TPSA) is 137 Å². The SMILES string of the molecule is CCc1ccc(C(C)CC)cc1C(=O)N[C@@H](CCCCN)C(=O)Nc1ccc(OC)c(C(N)=O)c1. The van der Waals surface area contributed by atoms with Crippen LogP contribution in [0.25, 0.3) is 0 Å². The van der Waals surface area contributed by atoms with Gasteiger partial charge in [-0.1, -0.05) is 32.9 Å². The van der Waals surface area contributed by atoms with E-state index in [-0.39, 0.29) is 17.4 Å². The third-order valence-corrected chi connectivity index (χ3v) is 6.24. The zero-order valence-corrected chi connectivity index (χ0v) is 21.1. The molecule has 0 saturated carbocycles. The van der Waals surface area contributed by atoms with Crippen LogP contribution < -0.4 is 26.8 Å². The maximum Gasteiger partial charge on any atom is 0.252 e. The molecule has 190 valence electrons. The Morgan fingerprint density at radius 3 is 2.37 bits per heavy atom. The fraction of sp³-hybridized carbons (Fsp3) is 0.444. The molecule has 0 saturated heterocycles. The van der Waals surface area contributed by atoms with Crippen LogP contribution >= 0.6 is 0 Å². The molecule has 0 heterocycles. The van der Waals surface area contributed by atoms with Crippen LogP contribution in [0.4, 0.5) is 5.69 Å². The van der Waals surface area contributed by atoms with Crippen molar-refractivity contribution in [3.8, 4) is 5.75 Å². The molecule has 2 aromatic carbocycles. The van der Waals surface area contributed by atoms with Crippen LogP contribution in [0.15, 0.2) is 36.4 Å². The van der Waals surface area contributed by atoms with Gasteiger partial charge in [0, 0.05) is 11.3 Å². The van der Waals surface area contributed by atoms with Crippen molar-refractivity contribution in [2.24, 2.45) is 11.5 Å². The van der Waals surface area contributed by atoms with Crippen LogP contribution in [-0.2, 0) is 11.2 Å². The van der Waals surface area contributed by atoms with Crippen molar-refractivity contribution < 1.29 is 19.1 Å². The molecule has 0 aliphatic carbocycles. The molecule has 35 heavy (non-hydrogen) atoms. The van der Waals surface area contributed by atoms with Crippen LogP contribution in [-0.4, -0.2) is 37.4 Å². The molecule has 0 spiro atoms. The summed E-state index contributed by atoms with van der Waals surface area (Å²) in [6, 6.07) is 9.85. The summed E-state index contributed by atoms with van der Waals surface area (Å²) < 4.78 is 5.16. The summed E-state index contributed by atoms with van der Waals surface area (Å²) in [5.41, 5.74) is 14.2. The van der Waals surface area contributed by atoms with Gasteiger partial charge in [-0.05, 0) is 80.0 Å². The lowest BCUT2D eigenvalue weighted by Crippen LogP contribution is -2.44. The fourth-order valence-electron chi connectivity index (χ4n) is 3.86. The Kier molecular flexibility index (Phi) is 10.7. The van der Waals surface area contributed by atoms with Crippen molar-refractivity contribution in [1.82, 2.24) is 5.32 Å². The number of carbonyl (C=O) groups is 3. The number of unbranched alkanes of at least 4 members (excludes halogenated alkanes) is 1. The number of methoxy groups -OCH3 is 1. The monoisotopic (exact) mass is 482 g/mol. The molecule has 2 rings (SSSR count). The van der Waals surface area contributed by atoms with E-state index in [0.717, 1.165) is 24.0 Å². The van der Waals surface area contributed by atoms with Crippen LogP contribution in [0.2, 0.25) is 0 Å². The lowest BCUT2D eigenvalue weighted by molar-refractivity contribution is -0.118. The summed E-state index contributed by atoms with van der Waals surface area (Å²) in [7, 11) is 1.43.